The molecular formula is C15H15NO3S2. The Kier molecular flexibility index (Phi) is 5.41. The number of hydrogen-bond acceptors (Lipinski definition) is 4. The lowest BCUT2D eigenvalue weighted by molar-refractivity contribution is -0.113. The molecule has 0 unspecified atom stereocenters. The number of amides is 1. The number of benzene rings is 1. The smallest absolute Gasteiger partial charge is 0.335 e. The molecule has 4 nitrogen and oxygen atoms in total. The fourth-order valence-electron chi connectivity index (χ4n) is 1.72. The SMILES string of the molecule is Cc1ccc(C(=O)O)cc1NC(=O)CSCc1cccs1. The van der Waals surface area contributed by atoms with Crippen LogP contribution in [0.3, 0.4) is 0 Å². The highest BCUT2D eigenvalue weighted by Crippen LogP contribution is 2.19. The van der Waals surface area contributed by atoms with Crippen molar-refractivity contribution >= 4 is 40.7 Å². The minimum absolute atomic E-state index is 0.123. The first-order valence-electron chi connectivity index (χ1n) is 6.30. The summed E-state index contributed by atoms with van der Waals surface area (Å²) in [7, 11) is 0. The van der Waals surface area contributed by atoms with Gasteiger partial charge >= 0.3 is 5.97 Å². The summed E-state index contributed by atoms with van der Waals surface area (Å²) in [6.07, 6.45) is 0. The van der Waals surface area contributed by atoms with Crippen LogP contribution in [0.25, 0.3) is 0 Å². The van der Waals surface area contributed by atoms with Gasteiger partial charge in [-0.15, -0.1) is 23.1 Å². The second kappa shape index (κ2) is 7.28. The number of anilines is 1. The third-order valence-electron chi connectivity index (χ3n) is 2.82. The van der Waals surface area contributed by atoms with Crippen molar-refractivity contribution in [3.8, 4) is 0 Å². The summed E-state index contributed by atoms with van der Waals surface area (Å²) in [4.78, 5) is 24.1. The molecule has 0 radical (unpaired) electrons. The molecule has 2 rings (SSSR count). The van der Waals surface area contributed by atoms with Crippen LogP contribution >= 0.6 is 23.1 Å². The van der Waals surface area contributed by atoms with Crippen LogP contribution in [-0.4, -0.2) is 22.7 Å². The lowest BCUT2D eigenvalue weighted by Gasteiger charge is -2.09. The molecule has 0 atom stereocenters. The fraction of sp³-hybridized carbons (Fsp3) is 0.200. The van der Waals surface area contributed by atoms with E-state index in [0.29, 0.717) is 11.4 Å². The number of aromatic carboxylic acids is 1. The van der Waals surface area contributed by atoms with Crippen molar-refractivity contribution in [3.63, 3.8) is 0 Å². The summed E-state index contributed by atoms with van der Waals surface area (Å²) in [5, 5.41) is 13.7. The van der Waals surface area contributed by atoms with Crippen LogP contribution < -0.4 is 5.32 Å². The average molecular weight is 321 g/mol. The Morgan fingerprint density at radius 2 is 2.14 bits per heavy atom. The molecule has 21 heavy (non-hydrogen) atoms. The summed E-state index contributed by atoms with van der Waals surface area (Å²) >= 11 is 3.21. The Morgan fingerprint density at radius 3 is 2.81 bits per heavy atom. The number of aryl methyl sites for hydroxylation is 1. The normalized spacial score (nSPS) is 10.3. The van der Waals surface area contributed by atoms with Crippen molar-refractivity contribution in [1.29, 1.82) is 0 Å². The molecule has 0 fully saturated rings. The van der Waals surface area contributed by atoms with Crippen molar-refractivity contribution in [3.05, 3.63) is 51.7 Å². The number of carboxylic acids is 1. The van der Waals surface area contributed by atoms with Gasteiger partial charge in [0.2, 0.25) is 5.91 Å². The summed E-state index contributed by atoms with van der Waals surface area (Å²) in [6, 6.07) is 8.73. The number of carbonyl (C=O) groups is 2. The number of hydrogen-bond donors (Lipinski definition) is 2. The van der Waals surface area contributed by atoms with Gasteiger partial charge in [0.05, 0.1) is 11.3 Å². The molecule has 0 aliphatic rings. The molecule has 2 aromatic rings. The maximum atomic E-state index is 11.9. The molecule has 0 aliphatic carbocycles. The van der Waals surface area contributed by atoms with Crippen molar-refractivity contribution < 1.29 is 14.7 Å². The monoisotopic (exact) mass is 321 g/mol. The van der Waals surface area contributed by atoms with Crippen molar-refractivity contribution in [2.75, 3.05) is 11.1 Å². The Morgan fingerprint density at radius 1 is 1.33 bits per heavy atom. The van der Waals surface area contributed by atoms with Gasteiger partial charge in [-0.3, -0.25) is 4.79 Å². The van der Waals surface area contributed by atoms with Gasteiger partial charge in [-0.1, -0.05) is 12.1 Å². The van der Waals surface area contributed by atoms with E-state index in [0.717, 1.165) is 11.3 Å². The van der Waals surface area contributed by atoms with Crippen LogP contribution in [0.1, 0.15) is 20.8 Å². The number of rotatable bonds is 6. The zero-order valence-corrected chi connectivity index (χ0v) is 13.1. The van der Waals surface area contributed by atoms with E-state index in [9.17, 15) is 9.59 Å². The maximum absolute atomic E-state index is 11.9. The summed E-state index contributed by atoms with van der Waals surface area (Å²) in [5.41, 5.74) is 1.57. The summed E-state index contributed by atoms with van der Waals surface area (Å²) in [5.74, 6) is 0.0215. The van der Waals surface area contributed by atoms with Crippen molar-refractivity contribution in [2.24, 2.45) is 0 Å². The van der Waals surface area contributed by atoms with Crippen LogP contribution in [0.15, 0.2) is 35.7 Å². The Labute approximate surface area is 131 Å². The topological polar surface area (TPSA) is 66.4 Å². The highest BCUT2D eigenvalue weighted by Gasteiger charge is 2.09. The zero-order valence-electron chi connectivity index (χ0n) is 11.5. The molecule has 1 amide bonds. The van der Waals surface area contributed by atoms with E-state index < -0.39 is 5.97 Å². The van der Waals surface area contributed by atoms with E-state index in [1.807, 2.05) is 24.4 Å². The molecule has 0 spiro atoms. The maximum Gasteiger partial charge on any atom is 0.335 e. The third kappa shape index (κ3) is 4.61. The van der Waals surface area contributed by atoms with Gasteiger partial charge < -0.3 is 10.4 Å². The predicted molar refractivity (Wildman–Crippen MR) is 87.2 cm³/mol. The van der Waals surface area contributed by atoms with Crippen molar-refractivity contribution in [1.82, 2.24) is 0 Å². The highest BCUT2D eigenvalue weighted by atomic mass is 32.2. The van der Waals surface area contributed by atoms with Crippen LogP contribution in [0.5, 0.6) is 0 Å². The molecule has 1 aromatic heterocycles. The molecule has 0 saturated carbocycles. The van der Waals surface area contributed by atoms with Crippen LogP contribution in [0.4, 0.5) is 5.69 Å². The molecule has 0 aliphatic heterocycles. The molecule has 110 valence electrons. The second-order valence-corrected chi connectivity index (χ2v) is 6.47. The number of thioether (sulfide) groups is 1. The number of carboxylic acid groups (broad SMARTS) is 1. The Hall–Kier alpha value is -1.79. The Balaban J connectivity index is 1.90. The first-order valence-corrected chi connectivity index (χ1v) is 8.33. The van der Waals surface area contributed by atoms with Gasteiger partial charge in [-0.25, -0.2) is 4.79 Å². The molecule has 1 aromatic carbocycles. The van der Waals surface area contributed by atoms with Gasteiger partial charge in [-0.2, -0.15) is 0 Å². The van der Waals surface area contributed by atoms with E-state index in [1.54, 1.807) is 17.4 Å². The van der Waals surface area contributed by atoms with Gasteiger partial charge in [0, 0.05) is 16.3 Å². The summed E-state index contributed by atoms with van der Waals surface area (Å²) < 4.78 is 0. The number of nitrogens with one attached hydrogen (secondary N) is 1. The predicted octanol–water partition coefficient (Wildman–Crippen LogP) is 3.63. The van der Waals surface area contributed by atoms with E-state index in [1.165, 1.54) is 28.8 Å². The zero-order chi connectivity index (χ0) is 15.2. The number of carbonyl (C=O) groups excluding carboxylic acids is 1. The minimum atomic E-state index is -1.00. The fourth-order valence-corrected chi connectivity index (χ4v) is 3.38. The molecule has 0 saturated heterocycles. The minimum Gasteiger partial charge on any atom is -0.478 e. The van der Waals surface area contributed by atoms with Crippen molar-refractivity contribution in [2.45, 2.75) is 12.7 Å². The van der Waals surface area contributed by atoms with E-state index >= 15 is 0 Å². The molecule has 6 heteroatoms. The quantitative estimate of drug-likeness (QED) is 0.852. The lowest BCUT2D eigenvalue weighted by Crippen LogP contribution is -2.15. The molecule has 0 bridgehead atoms. The van der Waals surface area contributed by atoms with Crippen LogP contribution in [-0.2, 0) is 10.5 Å². The Bertz CT molecular complexity index is 638. The van der Waals surface area contributed by atoms with Gasteiger partial charge in [0.1, 0.15) is 0 Å². The van der Waals surface area contributed by atoms with E-state index in [2.05, 4.69) is 5.32 Å². The number of thiophene rings is 1. The third-order valence-corrected chi connectivity index (χ3v) is 4.86. The standard InChI is InChI=1S/C15H15NO3S2/c1-10-4-5-11(15(18)19)7-13(10)16-14(17)9-20-8-12-3-2-6-21-12/h2-7H,8-9H2,1H3,(H,16,17)(H,18,19). The van der Waals surface area contributed by atoms with Gasteiger partial charge in [-0.05, 0) is 36.1 Å². The highest BCUT2D eigenvalue weighted by molar-refractivity contribution is 7.99. The lowest BCUT2D eigenvalue weighted by atomic mass is 10.1. The van der Waals surface area contributed by atoms with Gasteiger partial charge in [0.15, 0.2) is 0 Å². The first-order chi connectivity index (χ1) is 10.1. The molecular weight excluding hydrogens is 306 g/mol. The average Bonchev–Trinajstić information content (AvgIpc) is 2.94. The first kappa shape index (κ1) is 15.6. The summed E-state index contributed by atoms with van der Waals surface area (Å²) in [6.45, 7) is 1.83. The van der Waals surface area contributed by atoms with Gasteiger partial charge in [0.25, 0.3) is 0 Å². The van der Waals surface area contributed by atoms with E-state index in [4.69, 9.17) is 5.11 Å². The second-order valence-electron chi connectivity index (χ2n) is 4.46. The molecule has 2 N–H and O–H groups in total. The molecule has 1 heterocycles. The van der Waals surface area contributed by atoms with E-state index in [-0.39, 0.29) is 11.5 Å². The van der Waals surface area contributed by atoms with Crippen LogP contribution in [0, 0.1) is 6.92 Å². The largest absolute Gasteiger partial charge is 0.478 e. The van der Waals surface area contributed by atoms with Crippen LogP contribution in [0.2, 0.25) is 0 Å².